The fourth-order valence-electron chi connectivity index (χ4n) is 4.19. The number of likely N-dealkylation sites (N-methyl/N-ethyl adjacent to an activating group) is 1. The second-order valence-corrected chi connectivity index (χ2v) is 7.79. The Morgan fingerprint density at radius 2 is 1.63 bits per heavy atom. The highest BCUT2D eigenvalue weighted by Gasteiger charge is 2.31. The summed E-state index contributed by atoms with van der Waals surface area (Å²) in [7, 11) is 2.10. The molecule has 0 atom stereocenters. The van der Waals surface area contributed by atoms with Gasteiger partial charge >= 0.3 is 0 Å². The van der Waals surface area contributed by atoms with Crippen molar-refractivity contribution in [3.63, 3.8) is 0 Å². The standard InChI is InChI=1S/C21H28N4O2/c1-22-12-14-24(15-13-22)21(27)18-7-9-23(10-8-18)20(26)16-25-11-6-17-4-2-3-5-19(17)25/h2-6,11,18H,7-10,12-16H2,1H3. The van der Waals surface area contributed by atoms with E-state index in [9.17, 15) is 9.59 Å². The minimum atomic E-state index is 0.0739. The van der Waals surface area contributed by atoms with Crippen LogP contribution >= 0.6 is 0 Å². The predicted molar refractivity (Wildman–Crippen MR) is 105 cm³/mol. The average Bonchev–Trinajstić information content (AvgIpc) is 3.11. The topological polar surface area (TPSA) is 48.8 Å². The maximum Gasteiger partial charge on any atom is 0.242 e. The molecular weight excluding hydrogens is 340 g/mol. The molecule has 0 unspecified atom stereocenters. The summed E-state index contributed by atoms with van der Waals surface area (Å²) in [6, 6.07) is 10.2. The molecule has 2 amide bonds. The van der Waals surface area contributed by atoms with Crippen molar-refractivity contribution in [1.29, 1.82) is 0 Å². The van der Waals surface area contributed by atoms with Crippen LogP contribution in [0.1, 0.15) is 12.8 Å². The van der Waals surface area contributed by atoms with Crippen LogP contribution in [0.15, 0.2) is 36.5 Å². The highest BCUT2D eigenvalue weighted by molar-refractivity contribution is 5.84. The van der Waals surface area contributed by atoms with Crippen LogP contribution in [0.25, 0.3) is 10.9 Å². The van der Waals surface area contributed by atoms with E-state index in [4.69, 9.17) is 0 Å². The smallest absolute Gasteiger partial charge is 0.242 e. The Morgan fingerprint density at radius 3 is 2.37 bits per heavy atom. The zero-order chi connectivity index (χ0) is 18.8. The Labute approximate surface area is 160 Å². The van der Waals surface area contributed by atoms with Crippen LogP contribution in [-0.4, -0.2) is 77.4 Å². The molecule has 2 aromatic rings. The molecule has 0 radical (unpaired) electrons. The summed E-state index contributed by atoms with van der Waals surface area (Å²) in [5.74, 6) is 0.498. The average molecular weight is 368 g/mol. The lowest BCUT2D eigenvalue weighted by atomic mass is 9.95. The van der Waals surface area contributed by atoms with E-state index in [1.807, 2.05) is 44.8 Å². The summed E-state index contributed by atoms with van der Waals surface area (Å²) >= 11 is 0. The number of carbonyl (C=O) groups excluding carboxylic acids is 2. The molecule has 6 heteroatoms. The van der Waals surface area contributed by atoms with Crippen molar-refractivity contribution < 1.29 is 9.59 Å². The molecule has 27 heavy (non-hydrogen) atoms. The summed E-state index contributed by atoms with van der Waals surface area (Å²) in [5, 5.41) is 1.15. The Balaban J connectivity index is 1.31. The van der Waals surface area contributed by atoms with E-state index in [0.29, 0.717) is 19.6 Å². The zero-order valence-electron chi connectivity index (χ0n) is 16.0. The first-order valence-electron chi connectivity index (χ1n) is 9.91. The van der Waals surface area contributed by atoms with Crippen LogP contribution in [0.2, 0.25) is 0 Å². The number of amides is 2. The van der Waals surface area contributed by atoms with Gasteiger partial charge in [-0.05, 0) is 37.4 Å². The molecule has 0 saturated carbocycles. The third-order valence-corrected chi connectivity index (χ3v) is 6.00. The molecule has 4 rings (SSSR count). The Morgan fingerprint density at radius 1 is 0.926 bits per heavy atom. The van der Waals surface area contributed by atoms with Crippen molar-refractivity contribution in [2.75, 3.05) is 46.3 Å². The lowest BCUT2D eigenvalue weighted by Gasteiger charge is -2.37. The number of aromatic nitrogens is 1. The zero-order valence-corrected chi connectivity index (χ0v) is 16.0. The molecule has 2 saturated heterocycles. The van der Waals surface area contributed by atoms with Gasteiger partial charge in [0.15, 0.2) is 0 Å². The third kappa shape index (κ3) is 3.86. The molecule has 2 fully saturated rings. The first kappa shape index (κ1) is 18.0. The predicted octanol–water partition coefficient (Wildman–Crippen LogP) is 1.65. The molecule has 6 nitrogen and oxygen atoms in total. The van der Waals surface area contributed by atoms with Crippen LogP contribution < -0.4 is 0 Å². The molecule has 0 spiro atoms. The van der Waals surface area contributed by atoms with Crippen LogP contribution in [0.4, 0.5) is 0 Å². The molecule has 144 valence electrons. The molecule has 1 aromatic heterocycles. The van der Waals surface area contributed by atoms with Gasteiger partial charge in [-0.1, -0.05) is 18.2 Å². The highest BCUT2D eigenvalue weighted by Crippen LogP contribution is 2.21. The van der Waals surface area contributed by atoms with Crippen LogP contribution in [0.3, 0.4) is 0 Å². The molecule has 0 aliphatic carbocycles. The number of benzene rings is 1. The first-order valence-corrected chi connectivity index (χ1v) is 9.91. The van der Waals surface area contributed by atoms with Crippen molar-refractivity contribution in [2.45, 2.75) is 19.4 Å². The van der Waals surface area contributed by atoms with Gasteiger partial charge in [0, 0.05) is 56.9 Å². The summed E-state index contributed by atoms with van der Waals surface area (Å²) in [6.45, 7) is 5.29. The van der Waals surface area contributed by atoms with Crippen molar-refractivity contribution in [3.05, 3.63) is 36.5 Å². The van der Waals surface area contributed by atoms with Gasteiger partial charge in [-0.15, -0.1) is 0 Å². The van der Waals surface area contributed by atoms with E-state index in [2.05, 4.69) is 18.0 Å². The van der Waals surface area contributed by atoms with Crippen molar-refractivity contribution >= 4 is 22.7 Å². The molecule has 0 bridgehead atoms. The maximum absolute atomic E-state index is 12.7. The van der Waals surface area contributed by atoms with Crippen LogP contribution in [0, 0.1) is 5.92 Å². The fraction of sp³-hybridized carbons (Fsp3) is 0.524. The number of piperazine rings is 1. The second kappa shape index (κ2) is 7.72. The molecule has 0 N–H and O–H groups in total. The van der Waals surface area contributed by atoms with E-state index in [1.165, 1.54) is 0 Å². The highest BCUT2D eigenvalue weighted by atomic mass is 16.2. The first-order chi connectivity index (χ1) is 13.1. The number of hydrogen-bond acceptors (Lipinski definition) is 3. The number of para-hydroxylation sites is 1. The van der Waals surface area contributed by atoms with Gasteiger partial charge in [-0.2, -0.15) is 0 Å². The van der Waals surface area contributed by atoms with Crippen molar-refractivity contribution in [1.82, 2.24) is 19.3 Å². The Kier molecular flexibility index (Phi) is 5.16. The normalized spacial score (nSPS) is 19.6. The number of piperidine rings is 1. The van der Waals surface area contributed by atoms with Gasteiger partial charge in [0.25, 0.3) is 0 Å². The molecule has 1 aromatic carbocycles. The Bertz CT molecular complexity index is 814. The molecule has 2 aliphatic heterocycles. The van der Waals surface area contributed by atoms with Gasteiger partial charge < -0.3 is 19.3 Å². The summed E-state index contributed by atoms with van der Waals surface area (Å²) in [5.41, 5.74) is 1.09. The van der Waals surface area contributed by atoms with E-state index in [0.717, 1.165) is 49.9 Å². The van der Waals surface area contributed by atoms with Gasteiger partial charge in [0.05, 0.1) is 0 Å². The fourth-order valence-corrected chi connectivity index (χ4v) is 4.19. The van der Waals surface area contributed by atoms with E-state index in [1.54, 1.807) is 0 Å². The summed E-state index contributed by atoms with van der Waals surface area (Å²) in [4.78, 5) is 31.7. The van der Waals surface area contributed by atoms with Gasteiger partial charge in [-0.25, -0.2) is 0 Å². The largest absolute Gasteiger partial charge is 0.341 e. The number of rotatable bonds is 3. The van der Waals surface area contributed by atoms with E-state index in [-0.39, 0.29) is 17.7 Å². The van der Waals surface area contributed by atoms with Gasteiger partial charge in [-0.3, -0.25) is 9.59 Å². The Hall–Kier alpha value is -2.34. The minimum Gasteiger partial charge on any atom is -0.341 e. The summed E-state index contributed by atoms with van der Waals surface area (Å²) < 4.78 is 2.01. The SMILES string of the molecule is CN1CCN(C(=O)C2CCN(C(=O)Cn3ccc4ccccc43)CC2)CC1. The molecular formula is C21H28N4O2. The monoisotopic (exact) mass is 368 g/mol. The quantitative estimate of drug-likeness (QED) is 0.828. The van der Waals surface area contributed by atoms with Crippen molar-refractivity contribution in [2.24, 2.45) is 5.92 Å². The van der Waals surface area contributed by atoms with Crippen LogP contribution in [-0.2, 0) is 16.1 Å². The maximum atomic E-state index is 12.7. The molecule has 3 heterocycles. The van der Waals surface area contributed by atoms with E-state index < -0.39 is 0 Å². The minimum absolute atomic E-state index is 0.0739. The number of nitrogens with zero attached hydrogens (tertiary/aromatic N) is 4. The van der Waals surface area contributed by atoms with E-state index >= 15 is 0 Å². The number of fused-ring (bicyclic) bond motifs is 1. The summed E-state index contributed by atoms with van der Waals surface area (Å²) in [6.07, 6.45) is 3.54. The number of carbonyl (C=O) groups is 2. The lowest BCUT2D eigenvalue weighted by molar-refractivity contribution is -0.142. The molecule has 2 aliphatic rings. The van der Waals surface area contributed by atoms with Crippen molar-refractivity contribution in [3.8, 4) is 0 Å². The number of hydrogen-bond donors (Lipinski definition) is 0. The lowest BCUT2D eigenvalue weighted by Crippen LogP contribution is -2.51. The number of likely N-dealkylation sites (tertiary alicyclic amines) is 1. The van der Waals surface area contributed by atoms with Crippen LogP contribution in [0.5, 0.6) is 0 Å². The second-order valence-electron chi connectivity index (χ2n) is 7.79. The van der Waals surface area contributed by atoms with Gasteiger partial charge in [0.1, 0.15) is 6.54 Å². The third-order valence-electron chi connectivity index (χ3n) is 6.00. The van der Waals surface area contributed by atoms with Gasteiger partial charge in [0.2, 0.25) is 11.8 Å².